The summed E-state index contributed by atoms with van der Waals surface area (Å²) in [6.45, 7) is 0. The fourth-order valence-corrected chi connectivity index (χ4v) is 3.01. The second-order valence-electron chi connectivity index (χ2n) is 6.37. The Kier molecular flexibility index (Phi) is 5.27. The molecule has 0 saturated carbocycles. The molecule has 1 aliphatic rings. The molecule has 0 aromatic heterocycles. The van der Waals surface area contributed by atoms with Gasteiger partial charge in [0, 0.05) is 24.6 Å². The largest absolute Gasteiger partial charge is 0.344 e. The van der Waals surface area contributed by atoms with Crippen LogP contribution in [0.4, 0.5) is 14.5 Å². The first-order chi connectivity index (χ1) is 12.4. The van der Waals surface area contributed by atoms with Crippen molar-refractivity contribution >= 4 is 17.5 Å². The lowest BCUT2D eigenvalue weighted by Gasteiger charge is -2.25. The highest BCUT2D eigenvalue weighted by atomic mass is 19.1. The van der Waals surface area contributed by atoms with Crippen molar-refractivity contribution in [2.24, 2.45) is 5.73 Å². The first-order valence-electron chi connectivity index (χ1n) is 8.30. The Labute approximate surface area is 149 Å². The summed E-state index contributed by atoms with van der Waals surface area (Å²) in [7, 11) is 0. The fraction of sp³-hybridized carbons (Fsp3) is 0.263. The number of nitrogens with two attached hydrogens (primary N) is 1. The number of halogens is 2. The lowest BCUT2D eigenvalue weighted by molar-refractivity contribution is -0.126. The SMILES string of the molecule is NC(CC(=O)NC1Cc2cc(F)ccc2NC1=O)Cc1ccccc1F. The summed E-state index contributed by atoms with van der Waals surface area (Å²) in [6.07, 6.45) is 0.367. The van der Waals surface area contributed by atoms with Gasteiger partial charge >= 0.3 is 0 Å². The molecule has 136 valence electrons. The third kappa shape index (κ3) is 4.23. The minimum atomic E-state index is -0.794. The summed E-state index contributed by atoms with van der Waals surface area (Å²) in [5, 5.41) is 5.26. The highest BCUT2D eigenvalue weighted by molar-refractivity contribution is 6.00. The van der Waals surface area contributed by atoms with Crippen LogP contribution in [0.1, 0.15) is 17.5 Å². The first kappa shape index (κ1) is 18.0. The average Bonchev–Trinajstić information content (AvgIpc) is 2.58. The fourth-order valence-electron chi connectivity index (χ4n) is 3.01. The number of nitrogens with one attached hydrogen (secondary N) is 2. The number of hydrogen-bond acceptors (Lipinski definition) is 3. The van der Waals surface area contributed by atoms with Gasteiger partial charge in [0.05, 0.1) is 0 Å². The van der Waals surface area contributed by atoms with E-state index in [-0.39, 0.29) is 31.0 Å². The Morgan fingerprint density at radius 2 is 2.04 bits per heavy atom. The lowest BCUT2D eigenvalue weighted by atomic mass is 9.98. The van der Waals surface area contributed by atoms with Crippen molar-refractivity contribution in [3.8, 4) is 0 Å². The van der Waals surface area contributed by atoms with Gasteiger partial charge in [0.15, 0.2) is 0 Å². The van der Waals surface area contributed by atoms with E-state index in [2.05, 4.69) is 10.6 Å². The van der Waals surface area contributed by atoms with Crippen molar-refractivity contribution in [3.63, 3.8) is 0 Å². The minimum absolute atomic E-state index is 0.0475. The van der Waals surface area contributed by atoms with Crippen LogP contribution in [0.15, 0.2) is 42.5 Å². The molecule has 1 heterocycles. The Balaban J connectivity index is 1.58. The Hall–Kier alpha value is -2.80. The summed E-state index contributed by atoms with van der Waals surface area (Å²) in [5.41, 5.74) is 7.53. The van der Waals surface area contributed by atoms with Gasteiger partial charge in [-0.1, -0.05) is 18.2 Å². The maximum absolute atomic E-state index is 13.6. The van der Waals surface area contributed by atoms with E-state index in [1.165, 1.54) is 24.3 Å². The van der Waals surface area contributed by atoms with E-state index in [1.54, 1.807) is 18.2 Å². The quantitative estimate of drug-likeness (QED) is 0.762. The zero-order valence-corrected chi connectivity index (χ0v) is 14.0. The van der Waals surface area contributed by atoms with Crippen LogP contribution in [-0.4, -0.2) is 23.9 Å². The number of carbonyl (C=O) groups excluding carboxylic acids is 2. The molecule has 2 aromatic carbocycles. The van der Waals surface area contributed by atoms with E-state index in [1.807, 2.05) is 0 Å². The minimum Gasteiger partial charge on any atom is -0.344 e. The van der Waals surface area contributed by atoms with Gasteiger partial charge in [0.2, 0.25) is 11.8 Å². The zero-order valence-electron chi connectivity index (χ0n) is 14.0. The molecule has 26 heavy (non-hydrogen) atoms. The maximum atomic E-state index is 13.6. The molecule has 0 aliphatic carbocycles. The van der Waals surface area contributed by atoms with Crippen LogP contribution in [-0.2, 0) is 22.4 Å². The standard InChI is InChI=1S/C19H19F2N3O2/c20-13-5-6-16-12(7-13)9-17(19(26)24-16)23-18(25)10-14(22)8-11-3-1-2-4-15(11)21/h1-7,14,17H,8-10,22H2,(H,23,25)(H,24,26). The molecule has 2 amide bonds. The van der Waals surface area contributed by atoms with E-state index < -0.39 is 23.8 Å². The van der Waals surface area contributed by atoms with Crippen molar-refractivity contribution in [3.05, 3.63) is 65.2 Å². The van der Waals surface area contributed by atoms with Gasteiger partial charge in [-0.25, -0.2) is 8.78 Å². The van der Waals surface area contributed by atoms with E-state index in [0.29, 0.717) is 16.8 Å². The molecule has 7 heteroatoms. The Morgan fingerprint density at radius 1 is 1.27 bits per heavy atom. The summed E-state index contributed by atoms with van der Waals surface area (Å²) < 4.78 is 27.0. The monoisotopic (exact) mass is 359 g/mol. The molecule has 0 spiro atoms. The van der Waals surface area contributed by atoms with Gasteiger partial charge in [-0.2, -0.15) is 0 Å². The molecule has 5 nitrogen and oxygen atoms in total. The molecule has 2 aromatic rings. The second kappa shape index (κ2) is 7.61. The van der Waals surface area contributed by atoms with Crippen LogP contribution in [0.2, 0.25) is 0 Å². The number of anilines is 1. The molecule has 2 atom stereocenters. The summed E-state index contributed by atoms with van der Waals surface area (Å²) in [4.78, 5) is 24.3. The maximum Gasteiger partial charge on any atom is 0.247 e. The highest BCUT2D eigenvalue weighted by Gasteiger charge is 2.28. The lowest BCUT2D eigenvalue weighted by Crippen LogP contribution is -2.48. The average molecular weight is 359 g/mol. The van der Waals surface area contributed by atoms with Crippen molar-refractivity contribution < 1.29 is 18.4 Å². The van der Waals surface area contributed by atoms with E-state index in [0.717, 1.165) is 0 Å². The van der Waals surface area contributed by atoms with Gasteiger partial charge in [0.1, 0.15) is 17.7 Å². The van der Waals surface area contributed by atoms with Crippen molar-refractivity contribution in [1.29, 1.82) is 0 Å². The van der Waals surface area contributed by atoms with E-state index in [4.69, 9.17) is 5.73 Å². The summed E-state index contributed by atoms with van der Waals surface area (Å²) in [5.74, 6) is -1.54. The van der Waals surface area contributed by atoms with Gasteiger partial charge < -0.3 is 16.4 Å². The van der Waals surface area contributed by atoms with E-state index in [9.17, 15) is 18.4 Å². The predicted octanol–water partition coefficient (Wildman–Crippen LogP) is 1.90. The van der Waals surface area contributed by atoms with Crippen molar-refractivity contribution in [2.75, 3.05) is 5.32 Å². The molecule has 2 unspecified atom stereocenters. The molecule has 0 bridgehead atoms. The molecular weight excluding hydrogens is 340 g/mol. The molecule has 4 N–H and O–H groups in total. The van der Waals surface area contributed by atoms with Gasteiger partial charge in [0.25, 0.3) is 0 Å². The van der Waals surface area contributed by atoms with Crippen LogP contribution >= 0.6 is 0 Å². The van der Waals surface area contributed by atoms with Crippen LogP contribution in [0.25, 0.3) is 0 Å². The summed E-state index contributed by atoms with van der Waals surface area (Å²) in [6, 6.07) is 8.95. The number of benzene rings is 2. The molecule has 1 aliphatic heterocycles. The van der Waals surface area contributed by atoms with Gasteiger partial charge in [-0.15, -0.1) is 0 Å². The molecule has 0 fully saturated rings. The molecule has 0 saturated heterocycles. The van der Waals surface area contributed by atoms with Crippen molar-refractivity contribution in [1.82, 2.24) is 5.32 Å². The number of amides is 2. The topological polar surface area (TPSA) is 84.2 Å². The third-order valence-electron chi connectivity index (χ3n) is 4.29. The number of rotatable bonds is 5. The highest BCUT2D eigenvalue weighted by Crippen LogP contribution is 2.23. The van der Waals surface area contributed by atoms with Crippen molar-refractivity contribution in [2.45, 2.75) is 31.3 Å². The van der Waals surface area contributed by atoms with E-state index >= 15 is 0 Å². The molecule has 0 radical (unpaired) electrons. The Morgan fingerprint density at radius 3 is 2.81 bits per heavy atom. The van der Waals surface area contributed by atoms with Gasteiger partial charge in [-0.3, -0.25) is 9.59 Å². The van der Waals surface area contributed by atoms with Crippen LogP contribution in [0, 0.1) is 11.6 Å². The number of carbonyl (C=O) groups is 2. The first-order valence-corrected chi connectivity index (χ1v) is 8.30. The normalized spacial score (nSPS) is 17.2. The summed E-state index contributed by atoms with van der Waals surface area (Å²) >= 11 is 0. The van der Waals surface area contributed by atoms with Crippen LogP contribution in [0.3, 0.4) is 0 Å². The second-order valence-corrected chi connectivity index (χ2v) is 6.37. The van der Waals surface area contributed by atoms with Gasteiger partial charge in [-0.05, 0) is 41.8 Å². The zero-order chi connectivity index (χ0) is 18.7. The smallest absolute Gasteiger partial charge is 0.247 e. The number of hydrogen-bond donors (Lipinski definition) is 3. The predicted molar refractivity (Wildman–Crippen MR) is 93.4 cm³/mol. The van der Waals surface area contributed by atoms with Crippen LogP contribution < -0.4 is 16.4 Å². The third-order valence-corrected chi connectivity index (χ3v) is 4.29. The Bertz CT molecular complexity index is 841. The molecular formula is C19H19F2N3O2. The number of fused-ring (bicyclic) bond motifs is 1. The van der Waals surface area contributed by atoms with Crippen LogP contribution in [0.5, 0.6) is 0 Å². The molecule has 3 rings (SSSR count).